The molecule has 0 spiro atoms. The standard InChI is InChI=1S/C21H23N/c1-15-5-7-16(8-6-15)18-13-20(22-14-18)17-9-11-19(12-10-17)21(2,3)4/h5-14,22H,1-4H3. The van der Waals surface area contributed by atoms with Gasteiger partial charge in [-0.1, -0.05) is 74.9 Å². The molecular weight excluding hydrogens is 266 g/mol. The summed E-state index contributed by atoms with van der Waals surface area (Å²) < 4.78 is 0. The van der Waals surface area contributed by atoms with Crippen LogP contribution in [0.15, 0.2) is 60.8 Å². The Hall–Kier alpha value is -2.28. The van der Waals surface area contributed by atoms with Crippen molar-refractivity contribution in [2.45, 2.75) is 33.1 Å². The molecule has 0 bridgehead atoms. The summed E-state index contributed by atoms with van der Waals surface area (Å²) >= 11 is 0. The predicted molar refractivity (Wildman–Crippen MR) is 95.1 cm³/mol. The first kappa shape index (κ1) is 14.6. The summed E-state index contributed by atoms with van der Waals surface area (Å²) in [6.07, 6.45) is 2.08. The van der Waals surface area contributed by atoms with Gasteiger partial charge in [0, 0.05) is 11.9 Å². The molecule has 0 amide bonds. The van der Waals surface area contributed by atoms with E-state index in [0.717, 1.165) is 5.69 Å². The first-order valence-corrected chi connectivity index (χ1v) is 7.80. The molecule has 0 aliphatic heterocycles. The van der Waals surface area contributed by atoms with Crippen LogP contribution < -0.4 is 0 Å². The zero-order chi connectivity index (χ0) is 15.7. The van der Waals surface area contributed by atoms with Crippen LogP contribution in [0.2, 0.25) is 0 Å². The maximum atomic E-state index is 3.39. The first-order chi connectivity index (χ1) is 10.4. The molecule has 0 atom stereocenters. The Kier molecular flexibility index (Phi) is 3.66. The first-order valence-electron chi connectivity index (χ1n) is 7.80. The van der Waals surface area contributed by atoms with Gasteiger partial charge in [0.15, 0.2) is 0 Å². The summed E-state index contributed by atoms with van der Waals surface area (Å²) in [5.41, 5.74) is 7.72. The Labute approximate surface area is 133 Å². The molecule has 0 aliphatic rings. The highest BCUT2D eigenvalue weighted by atomic mass is 14.7. The quantitative estimate of drug-likeness (QED) is 0.599. The molecule has 3 rings (SSSR count). The van der Waals surface area contributed by atoms with Crippen molar-refractivity contribution in [2.24, 2.45) is 0 Å². The van der Waals surface area contributed by atoms with Crippen LogP contribution in [-0.2, 0) is 5.41 Å². The molecule has 1 aromatic heterocycles. The molecule has 0 unspecified atom stereocenters. The van der Waals surface area contributed by atoms with Crippen LogP contribution in [0.3, 0.4) is 0 Å². The van der Waals surface area contributed by atoms with E-state index in [4.69, 9.17) is 0 Å². The predicted octanol–water partition coefficient (Wildman–Crippen LogP) is 5.95. The van der Waals surface area contributed by atoms with Crippen molar-refractivity contribution in [3.8, 4) is 22.4 Å². The molecule has 2 aromatic carbocycles. The summed E-state index contributed by atoms with van der Waals surface area (Å²) in [5, 5.41) is 0. The molecule has 1 N–H and O–H groups in total. The van der Waals surface area contributed by atoms with Gasteiger partial charge in [0.2, 0.25) is 0 Å². The SMILES string of the molecule is Cc1ccc(-c2c[nH]c(-c3ccc(C(C)(C)C)cc3)c2)cc1. The van der Waals surface area contributed by atoms with Crippen LogP contribution >= 0.6 is 0 Å². The second kappa shape index (κ2) is 5.49. The lowest BCUT2D eigenvalue weighted by Crippen LogP contribution is -2.10. The minimum atomic E-state index is 0.196. The second-order valence-corrected chi connectivity index (χ2v) is 7.00. The lowest BCUT2D eigenvalue weighted by atomic mass is 9.86. The van der Waals surface area contributed by atoms with Crippen LogP contribution in [-0.4, -0.2) is 4.98 Å². The molecule has 0 saturated heterocycles. The highest BCUT2D eigenvalue weighted by Crippen LogP contribution is 2.28. The van der Waals surface area contributed by atoms with Crippen molar-refractivity contribution in [1.82, 2.24) is 4.98 Å². The fourth-order valence-electron chi connectivity index (χ4n) is 2.62. The monoisotopic (exact) mass is 289 g/mol. The lowest BCUT2D eigenvalue weighted by Gasteiger charge is -2.19. The normalized spacial score (nSPS) is 11.6. The maximum absolute atomic E-state index is 3.39. The lowest BCUT2D eigenvalue weighted by molar-refractivity contribution is 0.590. The molecule has 112 valence electrons. The average Bonchev–Trinajstić information content (AvgIpc) is 2.97. The van der Waals surface area contributed by atoms with E-state index >= 15 is 0 Å². The number of benzene rings is 2. The maximum Gasteiger partial charge on any atom is 0.0460 e. The van der Waals surface area contributed by atoms with Gasteiger partial charge >= 0.3 is 0 Å². The third kappa shape index (κ3) is 2.99. The van der Waals surface area contributed by atoms with Crippen LogP contribution in [0.5, 0.6) is 0 Å². The molecule has 0 saturated carbocycles. The van der Waals surface area contributed by atoms with Crippen molar-refractivity contribution in [1.29, 1.82) is 0 Å². The summed E-state index contributed by atoms with van der Waals surface area (Å²) in [5.74, 6) is 0. The van der Waals surface area contributed by atoms with Gasteiger partial charge in [-0.05, 0) is 40.7 Å². The Bertz CT molecular complexity index is 753. The molecule has 0 fully saturated rings. The molecule has 1 heteroatoms. The highest BCUT2D eigenvalue weighted by Gasteiger charge is 2.13. The molecule has 0 aliphatic carbocycles. The Morgan fingerprint density at radius 1 is 0.727 bits per heavy atom. The van der Waals surface area contributed by atoms with E-state index in [2.05, 4.69) is 93.5 Å². The minimum absolute atomic E-state index is 0.196. The molecule has 1 heterocycles. The summed E-state index contributed by atoms with van der Waals surface area (Å²) in [6.45, 7) is 8.84. The minimum Gasteiger partial charge on any atom is -0.361 e. The zero-order valence-electron chi connectivity index (χ0n) is 13.8. The number of H-pyrrole nitrogens is 1. The van der Waals surface area contributed by atoms with Crippen LogP contribution in [0.1, 0.15) is 31.9 Å². The van der Waals surface area contributed by atoms with Crippen molar-refractivity contribution < 1.29 is 0 Å². The third-order valence-corrected chi connectivity index (χ3v) is 4.13. The van der Waals surface area contributed by atoms with Gasteiger partial charge in [-0.2, -0.15) is 0 Å². The van der Waals surface area contributed by atoms with Gasteiger partial charge in [0.25, 0.3) is 0 Å². The second-order valence-electron chi connectivity index (χ2n) is 7.00. The van der Waals surface area contributed by atoms with Gasteiger partial charge in [-0.15, -0.1) is 0 Å². The van der Waals surface area contributed by atoms with Crippen LogP contribution in [0.25, 0.3) is 22.4 Å². The third-order valence-electron chi connectivity index (χ3n) is 4.13. The number of aryl methyl sites for hydroxylation is 1. The van der Waals surface area contributed by atoms with E-state index in [1.54, 1.807) is 0 Å². The van der Waals surface area contributed by atoms with Gasteiger partial charge in [0.05, 0.1) is 0 Å². The highest BCUT2D eigenvalue weighted by molar-refractivity contribution is 5.71. The van der Waals surface area contributed by atoms with Gasteiger partial charge in [0.1, 0.15) is 0 Å². The van der Waals surface area contributed by atoms with Gasteiger partial charge in [-0.25, -0.2) is 0 Å². The van der Waals surface area contributed by atoms with E-state index in [0.29, 0.717) is 0 Å². The number of hydrogen-bond acceptors (Lipinski definition) is 0. The largest absolute Gasteiger partial charge is 0.361 e. The van der Waals surface area contributed by atoms with Crippen LogP contribution in [0.4, 0.5) is 0 Å². The fraction of sp³-hybridized carbons (Fsp3) is 0.238. The Balaban J connectivity index is 1.89. The van der Waals surface area contributed by atoms with E-state index in [1.807, 2.05) is 0 Å². The van der Waals surface area contributed by atoms with Crippen LogP contribution in [0, 0.1) is 6.92 Å². The molecule has 1 nitrogen and oxygen atoms in total. The molecule has 3 aromatic rings. The molecule has 0 radical (unpaired) electrons. The topological polar surface area (TPSA) is 15.8 Å². The Morgan fingerprint density at radius 3 is 1.91 bits per heavy atom. The number of hydrogen-bond donors (Lipinski definition) is 1. The van der Waals surface area contributed by atoms with Gasteiger partial charge in [-0.3, -0.25) is 0 Å². The van der Waals surface area contributed by atoms with Crippen molar-refractivity contribution in [3.63, 3.8) is 0 Å². The Morgan fingerprint density at radius 2 is 1.32 bits per heavy atom. The number of aromatic nitrogens is 1. The smallest absolute Gasteiger partial charge is 0.0460 e. The average molecular weight is 289 g/mol. The van der Waals surface area contributed by atoms with Crippen molar-refractivity contribution in [2.75, 3.05) is 0 Å². The van der Waals surface area contributed by atoms with Crippen molar-refractivity contribution in [3.05, 3.63) is 71.9 Å². The van der Waals surface area contributed by atoms with Gasteiger partial charge < -0.3 is 4.98 Å². The van der Waals surface area contributed by atoms with E-state index in [9.17, 15) is 0 Å². The number of nitrogens with one attached hydrogen (secondary N) is 1. The molecule has 22 heavy (non-hydrogen) atoms. The fourth-order valence-corrected chi connectivity index (χ4v) is 2.62. The van der Waals surface area contributed by atoms with E-state index in [1.165, 1.54) is 27.8 Å². The zero-order valence-corrected chi connectivity index (χ0v) is 13.8. The summed E-state index contributed by atoms with van der Waals surface area (Å²) in [7, 11) is 0. The number of aromatic amines is 1. The number of rotatable bonds is 2. The molecular formula is C21H23N. The van der Waals surface area contributed by atoms with Crippen molar-refractivity contribution >= 4 is 0 Å². The summed E-state index contributed by atoms with van der Waals surface area (Å²) in [6, 6.07) is 19.7. The summed E-state index contributed by atoms with van der Waals surface area (Å²) in [4.78, 5) is 3.39. The van der Waals surface area contributed by atoms with E-state index < -0.39 is 0 Å². The van der Waals surface area contributed by atoms with E-state index in [-0.39, 0.29) is 5.41 Å².